The Hall–Kier alpha value is -3.52. The van der Waals surface area contributed by atoms with Crippen LogP contribution < -0.4 is 9.62 Å². The van der Waals surface area contributed by atoms with Gasteiger partial charge in [0.2, 0.25) is 15.9 Å². The molecule has 6 rings (SSSR count). The summed E-state index contributed by atoms with van der Waals surface area (Å²) in [6, 6.07) is 20.7. The van der Waals surface area contributed by atoms with Gasteiger partial charge in [-0.3, -0.25) is 9.59 Å². The molecule has 2 aliphatic carbocycles. The van der Waals surface area contributed by atoms with Gasteiger partial charge in [0.25, 0.3) is 5.91 Å². The van der Waals surface area contributed by atoms with Gasteiger partial charge in [-0.25, -0.2) is 17.5 Å². The SMILES string of the molecule is O=C(NS(=O)(=O)C1CC1)c1cccc(CN2C(=O)[C@]3(C[C@@H]3c3ccc(F)cc3)c3ccccc32)c1. The molecule has 3 aromatic rings. The molecule has 1 aliphatic heterocycles. The molecule has 0 radical (unpaired) electrons. The highest BCUT2D eigenvalue weighted by Crippen LogP contribution is 2.66. The van der Waals surface area contributed by atoms with Crippen molar-refractivity contribution in [1.82, 2.24) is 4.72 Å². The number of sulfonamides is 1. The maximum absolute atomic E-state index is 13.8. The van der Waals surface area contributed by atoms with Gasteiger partial charge in [-0.2, -0.15) is 0 Å². The summed E-state index contributed by atoms with van der Waals surface area (Å²) in [6.45, 7) is 0.254. The minimum atomic E-state index is -3.65. The zero-order chi connectivity index (χ0) is 24.4. The standard InChI is InChI=1S/C27H23FN2O4S/c28-20-10-8-18(9-11-20)23-15-27(23)22-6-1-2-7-24(22)30(26(27)32)16-17-4-3-5-19(14-17)25(31)29-35(33,34)21-12-13-21/h1-11,14,21,23H,12-13,15-16H2,(H,29,31)/t23-,27-/m1/s1. The minimum Gasteiger partial charge on any atom is -0.307 e. The number of carbonyl (C=O) groups is 2. The molecule has 0 bridgehead atoms. The molecular weight excluding hydrogens is 467 g/mol. The van der Waals surface area contributed by atoms with Crippen LogP contribution in [0.1, 0.15) is 52.2 Å². The van der Waals surface area contributed by atoms with Crippen molar-refractivity contribution in [1.29, 1.82) is 0 Å². The maximum atomic E-state index is 13.8. The first-order valence-corrected chi connectivity index (χ1v) is 13.2. The van der Waals surface area contributed by atoms with Crippen LogP contribution in [-0.2, 0) is 26.8 Å². The number of anilines is 1. The van der Waals surface area contributed by atoms with Crippen molar-refractivity contribution in [3.8, 4) is 0 Å². The molecule has 6 nitrogen and oxygen atoms in total. The second-order valence-electron chi connectivity index (χ2n) is 9.56. The van der Waals surface area contributed by atoms with Crippen molar-refractivity contribution in [3.05, 3.63) is 101 Å². The number of amides is 2. The van der Waals surface area contributed by atoms with Gasteiger partial charge in [0, 0.05) is 17.2 Å². The van der Waals surface area contributed by atoms with E-state index in [1.165, 1.54) is 12.1 Å². The Kier molecular flexibility index (Phi) is 4.86. The molecule has 35 heavy (non-hydrogen) atoms. The number of carbonyl (C=O) groups excluding carboxylic acids is 2. The number of nitrogens with one attached hydrogen (secondary N) is 1. The quantitative estimate of drug-likeness (QED) is 0.566. The van der Waals surface area contributed by atoms with Gasteiger partial charge in [0.1, 0.15) is 5.82 Å². The van der Waals surface area contributed by atoms with Crippen LogP contribution in [0.2, 0.25) is 0 Å². The zero-order valence-corrected chi connectivity index (χ0v) is 19.6. The van der Waals surface area contributed by atoms with Gasteiger partial charge in [0.05, 0.1) is 17.2 Å². The van der Waals surface area contributed by atoms with Gasteiger partial charge < -0.3 is 4.90 Å². The van der Waals surface area contributed by atoms with Crippen molar-refractivity contribution in [3.63, 3.8) is 0 Å². The molecule has 8 heteroatoms. The van der Waals surface area contributed by atoms with Crippen LogP contribution in [0.15, 0.2) is 72.8 Å². The van der Waals surface area contributed by atoms with Gasteiger partial charge in [-0.15, -0.1) is 0 Å². The summed E-state index contributed by atoms with van der Waals surface area (Å²) >= 11 is 0. The van der Waals surface area contributed by atoms with E-state index in [9.17, 15) is 22.4 Å². The Bertz CT molecular complexity index is 1470. The van der Waals surface area contributed by atoms with E-state index in [0.29, 0.717) is 19.3 Å². The fourth-order valence-corrected chi connectivity index (χ4v) is 6.55. The number of hydrogen-bond donors (Lipinski definition) is 1. The summed E-state index contributed by atoms with van der Waals surface area (Å²) in [4.78, 5) is 28.1. The highest BCUT2D eigenvalue weighted by Gasteiger charge is 2.67. The molecule has 2 fully saturated rings. The monoisotopic (exact) mass is 490 g/mol. The van der Waals surface area contributed by atoms with E-state index < -0.39 is 26.6 Å². The molecular formula is C27H23FN2O4S. The number of hydrogen-bond acceptors (Lipinski definition) is 4. The fraction of sp³-hybridized carbons (Fsp3) is 0.259. The topological polar surface area (TPSA) is 83.6 Å². The number of nitrogens with zero attached hydrogens (tertiary/aromatic N) is 1. The average Bonchev–Trinajstić information content (AvgIpc) is 3.76. The van der Waals surface area contributed by atoms with Gasteiger partial charge in [-0.1, -0.05) is 42.5 Å². The van der Waals surface area contributed by atoms with E-state index in [1.54, 1.807) is 35.2 Å². The highest BCUT2D eigenvalue weighted by molar-refractivity contribution is 7.91. The predicted octanol–water partition coefficient (Wildman–Crippen LogP) is 4.02. The summed E-state index contributed by atoms with van der Waals surface area (Å²) < 4.78 is 39.9. The van der Waals surface area contributed by atoms with Crippen LogP contribution in [-0.4, -0.2) is 25.5 Å². The van der Waals surface area contributed by atoms with Crippen molar-refractivity contribution in [2.45, 2.75) is 42.4 Å². The third-order valence-corrected chi connectivity index (χ3v) is 9.08. The summed E-state index contributed by atoms with van der Waals surface area (Å²) in [5, 5.41) is -0.489. The third-order valence-electron chi connectivity index (χ3n) is 7.26. The van der Waals surface area contributed by atoms with E-state index >= 15 is 0 Å². The number of benzene rings is 3. The first-order chi connectivity index (χ1) is 16.8. The first kappa shape index (κ1) is 22.0. The number of halogens is 1. The molecule has 1 N–H and O–H groups in total. The smallest absolute Gasteiger partial charge is 0.264 e. The van der Waals surface area contributed by atoms with Crippen molar-refractivity contribution >= 4 is 27.5 Å². The molecule has 0 saturated heterocycles. The largest absolute Gasteiger partial charge is 0.307 e. The molecule has 3 aliphatic rings. The lowest BCUT2D eigenvalue weighted by atomic mass is 9.92. The van der Waals surface area contributed by atoms with Crippen LogP contribution in [0.3, 0.4) is 0 Å². The average molecular weight is 491 g/mol. The molecule has 3 aromatic carbocycles. The van der Waals surface area contributed by atoms with E-state index in [-0.39, 0.29) is 29.8 Å². The van der Waals surface area contributed by atoms with Gasteiger partial charge in [0.15, 0.2) is 0 Å². The molecule has 1 spiro atoms. The highest BCUT2D eigenvalue weighted by atomic mass is 32.2. The minimum absolute atomic E-state index is 0.0146. The molecule has 1 heterocycles. The van der Waals surface area contributed by atoms with Crippen LogP contribution in [0.25, 0.3) is 0 Å². The van der Waals surface area contributed by atoms with E-state index in [4.69, 9.17) is 0 Å². The van der Waals surface area contributed by atoms with E-state index in [1.807, 2.05) is 30.3 Å². The normalized spacial score (nSPS) is 22.8. The molecule has 0 aromatic heterocycles. The van der Waals surface area contributed by atoms with Crippen molar-refractivity contribution in [2.24, 2.45) is 0 Å². The lowest BCUT2D eigenvalue weighted by Gasteiger charge is -2.19. The second-order valence-corrected chi connectivity index (χ2v) is 11.5. The fourth-order valence-electron chi connectivity index (χ4n) is 5.25. The van der Waals surface area contributed by atoms with E-state index in [0.717, 1.165) is 22.4 Å². The summed E-state index contributed by atoms with van der Waals surface area (Å²) in [7, 11) is -3.65. The lowest BCUT2D eigenvalue weighted by Crippen LogP contribution is -2.34. The summed E-state index contributed by atoms with van der Waals surface area (Å²) in [5.74, 6) is -1.01. The number of para-hydroxylation sites is 1. The zero-order valence-electron chi connectivity index (χ0n) is 18.8. The van der Waals surface area contributed by atoms with Crippen LogP contribution >= 0.6 is 0 Å². The Morgan fingerprint density at radius 1 is 1.03 bits per heavy atom. The maximum Gasteiger partial charge on any atom is 0.264 e. The Labute approximate surface area is 202 Å². The lowest BCUT2D eigenvalue weighted by molar-refractivity contribution is -0.120. The predicted molar refractivity (Wildman–Crippen MR) is 129 cm³/mol. The summed E-state index contributed by atoms with van der Waals surface area (Å²) in [6.07, 6.45) is 1.80. The molecule has 0 unspecified atom stereocenters. The molecule has 178 valence electrons. The first-order valence-electron chi connectivity index (χ1n) is 11.6. The van der Waals surface area contributed by atoms with Crippen LogP contribution in [0.5, 0.6) is 0 Å². The van der Waals surface area contributed by atoms with E-state index in [2.05, 4.69) is 4.72 Å². The molecule has 2 atom stereocenters. The molecule has 2 saturated carbocycles. The summed E-state index contributed by atoms with van der Waals surface area (Å²) in [5.41, 5.74) is 3.02. The van der Waals surface area contributed by atoms with Crippen molar-refractivity contribution < 1.29 is 22.4 Å². The number of rotatable bonds is 6. The second kappa shape index (κ2) is 7.75. The Balaban J connectivity index is 1.27. The van der Waals surface area contributed by atoms with Crippen LogP contribution in [0.4, 0.5) is 10.1 Å². The van der Waals surface area contributed by atoms with Crippen molar-refractivity contribution in [2.75, 3.05) is 4.90 Å². The third kappa shape index (κ3) is 3.63. The number of fused-ring (bicyclic) bond motifs is 2. The Morgan fingerprint density at radius 2 is 1.77 bits per heavy atom. The molecule has 2 amide bonds. The van der Waals surface area contributed by atoms with Crippen LogP contribution in [0, 0.1) is 5.82 Å². The van der Waals surface area contributed by atoms with Gasteiger partial charge >= 0.3 is 0 Å². The Morgan fingerprint density at radius 3 is 2.51 bits per heavy atom. The van der Waals surface area contributed by atoms with Gasteiger partial charge in [-0.05, 0) is 66.3 Å².